The van der Waals surface area contributed by atoms with Crippen LogP contribution < -0.4 is 5.32 Å². The minimum Gasteiger partial charge on any atom is -0.351 e. The van der Waals surface area contributed by atoms with E-state index in [1.807, 2.05) is 42.4 Å². The zero-order chi connectivity index (χ0) is 16.5. The fourth-order valence-electron chi connectivity index (χ4n) is 2.96. The minimum absolute atomic E-state index is 0.0474. The lowest BCUT2D eigenvalue weighted by Crippen LogP contribution is -2.38. The number of fused-ring (bicyclic) bond motifs is 1. The predicted molar refractivity (Wildman–Crippen MR) is 96.1 cm³/mol. The molecule has 5 nitrogen and oxygen atoms in total. The van der Waals surface area contributed by atoms with Crippen molar-refractivity contribution in [2.45, 2.75) is 6.04 Å². The van der Waals surface area contributed by atoms with E-state index in [0.717, 1.165) is 22.0 Å². The van der Waals surface area contributed by atoms with Crippen LogP contribution in [0, 0.1) is 0 Å². The van der Waals surface area contributed by atoms with Crippen molar-refractivity contribution in [3.63, 3.8) is 0 Å². The largest absolute Gasteiger partial charge is 0.351 e. The molecule has 24 heavy (non-hydrogen) atoms. The molecule has 1 aromatic heterocycles. The zero-order valence-electron chi connectivity index (χ0n) is 13.4. The van der Waals surface area contributed by atoms with Crippen LogP contribution in [0.15, 0.2) is 59.7 Å². The second kappa shape index (κ2) is 5.85. The fourth-order valence-corrected chi connectivity index (χ4v) is 2.96. The summed E-state index contributed by atoms with van der Waals surface area (Å²) in [6.07, 6.45) is 1.76. The van der Waals surface area contributed by atoms with Crippen LogP contribution in [0.3, 0.4) is 0 Å². The van der Waals surface area contributed by atoms with Crippen molar-refractivity contribution in [1.29, 1.82) is 0 Å². The maximum absolute atomic E-state index is 12.4. The Labute approximate surface area is 140 Å². The van der Waals surface area contributed by atoms with Gasteiger partial charge in [0.1, 0.15) is 5.69 Å². The van der Waals surface area contributed by atoms with E-state index >= 15 is 0 Å². The number of aromatic amines is 1. The fraction of sp³-hybridized carbons (Fsp3) is 0.158. The Balaban J connectivity index is 1.59. The monoisotopic (exact) mass is 318 g/mol. The van der Waals surface area contributed by atoms with Gasteiger partial charge in [-0.3, -0.25) is 9.80 Å². The van der Waals surface area contributed by atoms with Crippen LogP contribution in [0.25, 0.3) is 22.0 Å². The lowest BCUT2D eigenvalue weighted by Gasteiger charge is -2.11. The summed E-state index contributed by atoms with van der Waals surface area (Å²) in [7, 11) is 1.89. The maximum atomic E-state index is 12.4. The maximum Gasteiger partial charge on any atom is 0.268 e. The van der Waals surface area contributed by atoms with Gasteiger partial charge in [0.15, 0.2) is 0 Å². The van der Waals surface area contributed by atoms with Gasteiger partial charge in [0.05, 0.1) is 12.6 Å². The third-order valence-electron chi connectivity index (χ3n) is 4.20. The van der Waals surface area contributed by atoms with E-state index < -0.39 is 0 Å². The average Bonchev–Trinajstić information content (AvgIpc) is 3.21. The summed E-state index contributed by atoms with van der Waals surface area (Å²) in [5.74, 6) is -0.112. The number of nitrogens with zero attached hydrogens (tertiary/aromatic N) is 2. The lowest BCUT2D eigenvalue weighted by atomic mass is 10.0. The van der Waals surface area contributed by atoms with Gasteiger partial charge >= 0.3 is 0 Å². The van der Waals surface area contributed by atoms with Crippen molar-refractivity contribution in [3.8, 4) is 11.1 Å². The standard InChI is InChI=1S/C19H18N4O/c1-23-12-16(11-20-23)21-19(24)18-10-15-8-7-14(9-17(15)22-18)13-5-3-2-4-6-13/h2-11,16,22H,12H2,1H3,(H,21,24)/t16-/m1/s1. The van der Waals surface area contributed by atoms with Crippen molar-refractivity contribution in [1.82, 2.24) is 15.3 Å². The average molecular weight is 318 g/mol. The number of rotatable bonds is 3. The molecule has 5 heteroatoms. The van der Waals surface area contributed by atoms with Crippen molar-refractivity contribution in [2.75, 3.05) is 13.6 Å². The highest BCUT2D eigenvalue weighted by molar-refractivity contribution is 6.00. The molecular weight excluding hydrogens is 300 g/mol. The van der Waals surface area contributed by atoms with E-state index in [9.17, 15) is 4.79 Å². The molecule has 4 rings (SSSR count). The molecule has 0 saturated heterocycles. The molecule has 1 atom stereocenters. The lowest BCUT2D eigenvalue weighted by molar-refractivity contribution is 0.0941. The van der Waals surface area contributed by atoms with Crippen LogP contribution in [-0.2, 0) is 0 Å². The highest BCUT2D eigenvalue weighted by atomic mass is 16.2. The topological polar surface area (TPSA) is 60.5 Å². The minimum atomic E-state index is -0.112. The summed E-state index contributed by atoms with van der Waals surface area (Å²) in [6.45, 7) is 0.699. The number of H-pyrrole nitrogens is 1. The number of hydrazone groups is 1. The molecule has 0 saturated carbocycles. The molecule has 1 amide bonds. The molecular formula is C19H18N4O. The molecule has 1 aliphatic heterocycles. The summed E-state index contributed by atoms with van der Waals surface area (Å²) in [6, 6.07) is 18.2. The van der Waals surface area contributed by atoms with Crippen molar-refractivity contribution >= 4 is 23.0 Å². The Bertz CT molecular complexity index is 914. The van der Waals surface area contributed by atoms with E-state index in [1.165, 1.54) is 0 Å². The Morgan fingerprint density at radius 2 is 2.00 bits per heavy atom. The second-order valence-electron chi connectivity index (χ2n) is 6.04. The summed E-state index contributed by atoms with van der Waals surface area (Å²) in [5, 5.41) is 9.94. The number of aromatic nitrogens is 1. The molecule has 3 aromatic rings. The molecule has 2 heterocycles. The molecule has 0 fully saturated rings. The van der Waals surface area contributed by atoms with Crippen LogP contribution in [0.1, 0.15) is 10.5 Å². The third kappa shape index (κ3) is 2.76. The zero-order valence-corrected chi connectivity index (χ0v) is 13.4. The number of hydrogen-bond acceptors (Lipinski definition) is 3. The summed E-state index contributed by atoms with van der Waals surface area (Å²) in [4.78, 5) is 15.6. The first-order valence-electron chi connectivity index (χ1n) is 7.93. The normalized spacial score (nSPS) is 16.7. The van der Waals surface area contributed by atoms with E-state index in [2.05, 4.69) is 39.7 Å². The molecule has 0 radical (unpaired) electrons. The molecule has 0 bridgehead atoms. The smallest absolute Gasteiger partial charge is 0.268 e. The molecule has 120 valence electrons. The van der Waals surface area contributed by atoms with E-state index in [0.29, 0.717) is 12.2 Å². The predicted octanol–water partition coefficient (Wildman–Crippen LogP) is 2.86. The van der Waals surface area contributed by atoms with Crippen LogP contribution in [0.5, 0.6) is 0 Å². The molecule has 0 spiro atoms. The van der Waals surface area contributed by atoms with Crippen molar-refractivity contribution < 1.29 is 4.79 Å². The van der Waals surface area contributed by atoms with Crippen LogP contribution in [-0.4, -0.2) is 41.7 Å². The van der Waals surface area contributed by atoms with Gasteiger partial charge in [0.25, 0.3) is 5.91 Å². The number of benzene rings is 2. The quantitative estimate of drug-likeness (QED) is 0.780. The van der Waals surface area contributed by atoms with Gasteiger partial charge < -0.3 is 10.3 Å². The Morgan fingerprint density at radius 1 is 1.17 bits per heavy atom. The van der Waals surface area contributed by atoms with Gasteiger partial charge in [-0.1, -0.05) is 42.5 Å². The second-order valence-corrected chi connectivity index (χ2v) is 6.04. The SMILES string of the molecule is CN1C[C@H](NC(=O)c2cc3ccc(-c4ccccc4)cc3[nH]2)C=N1. The van der Waals surface area contributed by atoms with Gasteiger partial charge in [-0.2, -0.15) is 5.10 Å². The van der Waals surface area contributed by atoms with Crippen molar-refractivity contribution in [3.05, 3.63) is 60.3 Å². The number of likely N-dealkylation sites (N-methyl/N-ethyl adjacent to an activating group) is 1. The highest BCUT2D eigenvalue weighted by Crippen LogP contribution is 2.24. The number of hydrogen-bond donors (Lipinski definition) is 2. The molecule has 2 aromatic carbocycles. The Hall–Kier alpha value is -3.08. The number of amides is 1. The van der Waals surface area contributed by atoms with Gasteiger partial charge in [-0.25, -0.2) is 0 Å². The first kappa shape index (κ1) is 14.5. The molecule has 2 N–H and O–H groups in total. The molecule has 1 aliphatic rings. The molecule has 0 aliphatic carbocycles. The van der Waals surface area contributed by atoms with Crippen molar-refractivity contribution in [2.24, 2.45) is 5.10 Å². The van der Waals surface area contributed by atoms with E-state index in [-0.39, 0.29) is 11.9 Å². The van der Waals surface area contributed by atoms with Gasteiger partial charge in [0, 0.05) is 24.2 Å². The summed E-state index contributed by atoms with van der Waals surface area (Å²) in [5.41, 5.74) is 3.81. The first-order valence-corrected chi connectivity index (χ1v) is 7.93. The number of nitrogens with one attached hydrogen (secondary N) is 2. The third-order valence-corrected chi connectivity index (χ3v) is 4.20. The van der Waals surface area contributed by atoms with E-state index in [1.54, 1.807) is 6.21 Å². The number of carbonyl (C=O) groups is 1. The highest BCUT2D eigenvalue weighted by Gasteiger charge is 2.18. The van der Waals surface area contributed by atoms with Crippen LogP contribution >= 0.6 is 0 Å². The Kier molecular flexibility index (Phi) is 3.54. The van der Waals surface area contributed by atoms with Gasteiger partial charge in [0.2, 0.25) is 0 Å². The van der Waals surface area contributed by atoms with E-state index in [4.69, 9.17) is 0 Å². The van der Waals surface area contributed by atoms with Crippen LogP contribution in [0.4, 0.5) is 0 Å². The number of carbonyl (C=O) groups excluding carboxylic acids is 1. The van der Waals surface area contributed by atoms with Crippen LogP contribution in [0.2, 0.25) is 0 Å². The summed E-state index contributed by atoms with van der Waals surface area (Å²) < 4.78 is 0. The van der Waals surface area contributed by atoms with Gasteiger partial charge in [-0.05, 0) is 23.3 Å². The summed E-state index contributed by atoms with van der Waals surface area (Å²) >= 11 is 0. The molecule has 0 unspecified atom stereocenters. The first-order chi connectivity index (χ1) is 11.7. The Morgan fingerprint density at radius 3 is 2.75 bits per heavy atom. The van der Waals surface area contributed by atoms with Gasteiger partial charge in [-0.15, -0.1) is 0 Å².